The molecule has 0 aliphatic heterocycles. The number of hydrogen-bond acceptors (Lipinski definition) is 2. The van der Waals surface area contributed by atoms with Crippen molar-refractivity contribution >= 4 is 5.69 Å². The molecule has 0 atom stereocenters. The molecule has 2 aromatic rings. The van der Waals surface area contributed by atoms with Gasteiger partial charge in [-0.25, -0.2) is 9.37 Å². The highest BCUT2D eigenvalue weighted by Gasteiger charge is 2.31. The fourth-order valence-electron chi connectivity index (χ4n) is 1.44. The molecule has 0 radical (unpaired) electrons. The molecule has 0 spiro atoms. The van der Waals surface area contributed by atoms with E-state index in [-0.39, 0.29) is 12.2 Å². The van der Waals surface area contributed by atoms with Gasteiger partial charge in [-0.15, -0.1) is 0 Å². The molecule has 96 valence electrons. The summed E-state index contributed by atoms with van der Waals surface area (Å²) in [6.45, 7) is 0.188. The van der Waals surface area contributed by atoms with Gasteiger partial charge in [0.1, 0.15) is 11.6 Å². The molecule has 0 saturated carbocycles. The Balaban J connectivity index is 2.15. The van der Waals surface area contributed by atoms with Gasteiger partial charge in [0.15, 0.2) is 0 Å². The third-order valence-electron chi connectivity index (χ3n) is 2.24. The number of alkyl halides is 3. The maximum absolute atomic E-state index is 13.1. The van der Waals surface area contributed by atoms with Crippen molar-refractivity contribution in [1.82, 2.24) is 9.97 Å². The number of rotatable bonds is 3. The van der Waals surface area contributed by atoms with Crippen LogP contribution in [0.5, 0.6) is 0 Å². The molecule has 3 nitrogen and oxygen atoms in total. The van der Waals surface area contributed by atoms with Gasteiger partial charge in [-0.2, -0.15) is 13.2 Å². The Kier molecular flexibility index (Phi) is 3.22. The summed E-state index contributed by atoms with van der Waals surface area (Å²) in [7, 11) is 0. The number of anilines is 1. The number of halogens is 4. The second-order valence-electron chi connectivity index (χ2n) is 3.62. The number of imidazole rings is 1. The van der Waals surface area contributed by atoms with Gasteiger partial charge in [0, 0.05) is 18.1 Å². The van der Waals surface area contributed by atoms with Crippen LogP contribution in [0.4, 0.5) is 23.2 Å². The standard InChI is InChI=1S/C11H9F4N3/c12-8-3-7(11(13,14)15)4-9(5-8)18-6-10-16-1-2-17-10/h1-5,18H,6H2,(H,16,17). The lowest BCUT2D eigenvalue weighted by atomic mass is 10.2. The van der Waals surface area contributed by atoms with Crippen molar-refractivity contribution in [3.05, 3.63) is 47.8 Å². The summed E-state index contributed by atoms with van der Waals surface area (Å²) in [5.74, 6) is -0.389. The zero-order valence-electron chi connectivity index (χ0n) is 9.05. The second-order valence-corrected chi connectivity index (χ2v) is 3.62. The molecule has 1 heterocycles. The van der Waals surface area contributed by atoms with Gasteiger partial charge in [0.05, 0.1) is 12.1 Å². The van der Waals surface area contributed by atoms with Crippen LogP contribution in [0.3, 0.4) is 0 Å². The van der Waals surface area contributed by atoms with E-state index in [1.807, 2.05) is 0 Å². The SMILES string of the molecule is Fc1cc(NCc2ncc[nH]2)cc(C(F)(F)F)c1. The van der Waals surface area contributed by atoms with Crippen molar-refractivity contribution in [2.45, 2.75) is 12.7 Å². The molecule has 0 aliphatic rings. The third-order valence-corrected chi connectivity index (χ3v) is 2.24. The van der Waals surface area contributed by atoms with E-state index in [9.17, 15) is 17.6 Å². The Labute approximate surface area is 99.9 Å². The van der Waals surface area contributed by atoms with Crippen molar-refractivity contribution in [2.24, 2.45) is 0 Å². The average Bonchev–Trinajstić information content (AvgIpc) is 2.77. The molecule has 0 fully saturated rings. The zero-order valence-corrected chi connectivity index (χ0v) is 9.05. The molecule has 1 aromatic carbocycles. The van der Waals surface area contributed by atoms with Crippen LogP contribution in [0.15, 0.2) is 30.6 Å². The van der Waals surface area contributed by atoms with Crippen molar-refractivity contribution in [1.29, 1.82) is 0 Å². The van der Waals surface area contributed by atoms with E-state index in [1.165, 1.54) is 6.20 Å². The van der Waals surface area contributed by atoms with E-state index in [1.54, 1.807) is 6.20 Å². The largest absolute Gasteiger partial charge is 0.416 e. The number of aromatic nitrogens is 2. The Bertz CT molecular complexity index is 520. The molecule has 2 N–H and O–H groups in total. The maximum Gasteiger partial charge on any atom is 0.416 e. The van der Waals surface area contributed by atoms with E-state index in [0.29, 0.717) is 11.9 Å². The van der Waals surface area contributed by atoms with Gasteiger partial charge < -0.3 is 10.3 Å². The van der Waals surface area contributed by atoms with Gasteiger partial charge >= 0.3 is 6.18 Å². The Morgan fingerprint density at radius 1 is 1.22 bits per heavy atom. The lowest BCUT2D eigenvalue weighted by Crippen LogP contribution is -2.08. The van der Waals surface area contributed by atoms with Crippen molar-refractivity contribution in [2.75, 3.05) is 5.32 Å². The fourth-order valence-corrected chi connectivity index (χ4v) is 1.44. The minimum atomic E-state index is -4.57. The highest BCUT2D eigenvalue weighted by molar-refractivity contribution is 5.47. The van der Waals surface area contributed by atoms with Gasteiger partial charge in [0.25, 0.3) is 0 Å². The molecule has 0 amide bonds. The van der Waals surface area contributed by atoms with Gasteiger partial charge in [-0.3, -0.25) is 0 Å². The van der Waals surface area contributed by atoms with Crippen LogP contribution in [0, 0.1) is 5.82 Å². The number of benzene rings is 1. The summed E-state index contributed by atoms with van der Waals surface area (Å²) in [5, 5.41) is 2.67. The van der Waals surface area contributed by atoms with E-state index < -0.39 is 17.6 Å². The number of hydrogen-bond donors (Lipinski definition) is 2. The summed E-state index contributed by atoms with van der Waals surface area (Å²) in [5.41, 5.74) is -0.969. The number of H-pyrrole nitrogens is 1. The maximum atomic E-state index is 13.1. The van der Waals surface area contributed by atoms with E-state index in [4.69, 9.17) is 0 Å². The van der Waals surface area contributed by atoms with Crippen LogP contribution in [0.1, 0.15) is 11.4 Å². The molecule has 0 aliphatic carbocycles. The summed E-state index contributed by atoms with van der Waals surface area (Å²) in [4.78, 5) is 6.67. The van der Waals surface area contributed by atoms with Crippen LogP contribution in [0.2, 0.25) is 0 Å². The first-order chi connectivity index (χ1) is 8.45. The minimum absolute atomic E-state index is 0.0544. The quantitative estimate of drug-likeness (QED) is 0.831. The summed E-state index contributed by atoms with van der Waals surface area (Å²) >= 11 is 0. The molecular formula is C11H9F4N3. The van der Waals surface area contributed by atoms with E-state index >= 15 is 0 Å². The summed E-state index contributed by atoms with van der Waals surface area (Å²) in [6, 6.07) is 2.31. The van der Waals surface area contributed by atoms with Gasteiger partial charge in [-0.1, -0.05) is 0 Å². The molecule has 1 aromatic heterocycles. The molecule has 0 saturated heterocycles. The minimum Gasteiger partial charge on any atom is -0.378 e. The van der Waals surface area contributed by atoms with Crippen LogP contribution in [-0.2, 0) is 12.7 Å². The van der Waals surface area contributed by atoms with Gasteiger partial charge in [-0.05, 0) is 18.2 Å². The van der Waals surface area contributed by atoms with Crippen LogP contribution in [0.25, 0.3) is 0 Å². The van der Waals surface area contributed by atoms with E-state index in [0.717, 1.165) is 12.1 Å². The van der Waals surface area contributed by atoms with Crippen LogP contribution < -0.4 is 5.32 Å². The molecule has 0 unspecified atom stereocenters. The highest BCUT2D eigenvalue weighted by Crippen LogP contribution is 2.31. The fraction of sp³-hybridized carbons (Fsp3) is 0.182. The topological polar surface area (TPSA) is 40.7 Å². The second kappa shape index (κ2) is 4.67. The third kappa shape index (κ3) is 2.99. The van der Waals surface area contributed by atoms with Crippen molar-refractivity contribution in [3.63, 3.8) is 0 Å². The first-order valence-electron chi connectivity index (χ1n) is 5.05. The molecule has 2 rings (SSSR count). The van der Waals surface area contributed by atoms with Crippen LogP contribution >= 0.6 is 0 Å². The highest BCUT2D eigenvalue weighted by atomic mass is 19.4. The molecular weight excluding hydrogens is 250 g/mol. The number of aromatic amines is 1. The van der Waals surface area contributed by atoms with E-state index in [2.05, 4.69) is 15.3 Å². The lowest BCUT2D eigenvalue weighted by Gasteiger charge is -2.10. The first-order valence-corrected chi connectivity index (χ1v) is 5.05. The van der Waals surface area contributed by atoms with Crippen LogP contribution in [-0.4, -0.2) is 9.97 Å². The smallest absolute Gasteiger partial charge is 0.378 e. The molecule has 7 heteroatoms. The van der Waals surface area contributed by atoms with Gasteiger partial charge in [0.2, 0.25) is 0 Å². The Hall–Kier alpha value is -2.05. The zero-order chi connectivity index (χ0) is 13.2. The first kappa shape index (κ1) is 12.4. The molecule has 18 heavy (non-hydrogen) atoms. The Morgan fingerprint density at radius 3 is 2.61 bits per heavy atom. The number of nitrogens with zero attached hydrogens (tertiary/aromatic N) is 1. The predicted molar refractivity (Wildman–Crippen MR) is 57.3 cm³/mol. The Morgan fingerprint density at radius 2 is 2.00 bits per heavy atom. The normalized spacial score (nSPS) is 11.6. The van der Waals surface area contributed by atoms with Crippen molar-refractivity contribution < 1.29 is 17.6 Å². The molecule has 0 bridgehead atoms. The summed E-state index contributed by atoms with van der Waals surface area (Å²) < 4.78 is 50.4. The predicted octanol–water partition coefficient (Wildman–Crippen LogP) is 3.18. The van der Waals surface area contributed by atoms with Crippen molar-refractivity contribution in [3.8, 4) is 0 Å². The lowest BCUT2D eigenvalue weighted by molar-refractivity contribution is -0.137. The average molecular weight is 259 g/mol. The summed E-state index contributed by atoms with van der Waals surface area (Å²) in [6.07, 6.45) is -1.46. The number of nitrogens with one attached hydrogen (secondary N) is 2. The monoisotopic (exact) mass is 259 g/mol.